The van der Waals surface area contributed by atoms with Crippen molar-refractivity contribution in [2.24, 2.45) is 0 Å². The largest absolute Gasteiger partial charge is 0.334 e. The van der Waals surface area contributed by atoms with Gasteiger partial charge in [-0.3, -0.25) is 5.32 Å². The Labute approximate surface area is 120 Å². The number of rotatable bonds is 3. The first-order valence-corrected chi connectivity index (χ1v) is 6.66. The molecule has 19 heavy (non-hydrogen) atoms. The van der Waals surface area contributed by atoms with Crippen LogP contribution in [0.15, 0.2) is 46.9 Å². The van der Waals surface area contributed by atoms with Crippen LogP contribution < -0.4 is 10.6 Å². The van der Waals surface area contributed by atoms with E-state index in [4.69, 9.17) is 0 Å². The molecule has 0 fully saturated rings. The first-order valence-electron chi connectivity index (χ1n) is 5.87. The lowest BCUT2D eigenvalue weighted by atomic mass is 10.2. The predicted octanol–water partition coefficient (Wildman–Crippen LogP) is 3.47. The van der Waals surface area contributed by atoms with E-state index >= 15 is 0 Å². The summed E-state index contributed by atoms with van der Waals surface area (Å²) in [6, 6.07) is 13.0. The van der Waals surface area contributed by atoms with Crippen LogP contribution in [0.2, 0.25) is 0 Å². The summed E-state index contributed by atoms with van der Waals surface area (Å²) in [4.78, 5) is 15.9. The second-order valence-corrected chi connectivity index (χ2v) is 4.92. The molecule has 98 valence electrons. The Morgan fingerprint density at radius 1 is 1.21 bits per heavy atom. The predicted molar refractivity (Wildman–Crippen MR) is 79.0 cm³/mol. The number of amides is 2. The summed E-state index contributed by atoms with van der Waals surface area (Å²) in [5.74, 6) is 0.546. The van der Waals surface area contributed by atoms with Gasteiger partial charge in [0.05, 0.1) is 0 Å². The van der Waals surface area contributed by atoms with Gasteiger partial charge in [-0.2, -0.15) is 0 Å². The molecule has 0 atom stereocenters. The minimum atomic E-state index is -0.270. The maximum absolute atomic E-state index is 11.7. The van der Waals surface area contributed by atoms with Gasteiger partial charge in [-0.25, -0.2) is 9.78 Å². The minimum Gasteiger partial charge on any atom is -0.334 e. The number of urea groups is 1. The van der Waals surface area contributed by atoms with Crippen molar-refractivity contribution < 1.29 is 4.79 Å². The number of nitrogens with one attached hydrogen (secondary N) is 2. The van der Waals surface area contributed by atoms with Crippen LogP contribution in [0.5, 0.6) is 0 Å². The summed E-state index contributed by atoms with van der Waals surface area (Å²) in [7, 11) is 0. The molecular formula is C14H14BrN3O. The highest BCUT2D eigenvalue weighted by Crippen LogP contribution is 2.15. The molecule has 0 saturated heterocycles. The van der Waals surface area contributed by atoms with Gasteiger partial charge in [-0.05, 0) is 30.7 Å². The molecule has 1 heterocycles. The molecule has 0 unspecified atom stereocenters. The molecular weight excluding hydrogens is 306 g/mol. The fraction of sp³-hybridized carbons (Fsp3) is 0.143. The fourth-order valence-electron chi connectivity index (χ4n) is 1.59. The molecule has 0 spiro atoms. The first kappa shape index (κ1) is 13.5. The van der Waals surface area contributed by atoms with Gasteiger partial charge in [0, 0.05) is 16.7 Å². The number of hydrogen-bond acceptors (Lipinski definition) is 2. The number of carbonyl (C=O) groups excluding carboxylic acids is 1. The third-order valence-corrected chi connectivity index (χ3v) is 3.30. The van der Waals surface area contributed by atoms with E-state index in [1.54, 1.807) is 6.07 Å². The molecule has 2 rings (SSSR count). The van der Waals surface area contributed by atoms with E-state index in [-0.39, 0.29) is 6.03 Å². The minimum absolute atomic E-state index is 0.270. The van der Waals surface area contributed by atoms with Crippen LogP contribution in [0, 0.1) is 6.92 Å². The molecule has 1 aromatic carbocycles. The van der Waals surface area contributed by atoms with Gasteiger partial charge in [0.25, 0.3) is 0 Å². The quantitative estimate of drug-likeness (QED) is 0.910. The molecule has 0 bridgehead atoms. The fourth-order valence-corrected chi connectivity index (χ4v) is 2.02. The van der Waals surface area contributed by atoms with E-state index in [9.17, 15) is 4.79 Å². The van der Waals surface area contributed by atoms with Crippen molar-refractivity contribution in [1.82, 2.24) is 10.3 Å². The molecule has 0 aliphatic rings. The molecule has 2 amide bonds. The molecule has 1 aromatic heterocycles. The average Bonchev–Trinajstić information content (AvgIpc) is 2.38. The van der Waals surface area contributed by atoms with Crippen LogP contribution in [0.3, 0.4) is 0 Å². The van der Waals surface area contributed by atoms with Gasteiger partial charge in [-0.15, -0.1) is 0 Å². The zero-order valence-electron chi connectivity index (χ0n) is 10.5. The van der Waals surface area contributed by atoms with Crippen LogP contribution >= 0.6 is 15.9 Å². The van der Waals surface area contributed by atoms with Crippen LogP contribution in [-0.2, 0) is 6.54 Å². The maximum Gasteiger partial charge on any atom is 0.320 e. The number of nitrogens with zero attached hydrogens (tertiary/aromatic N) is 1. The van der Waals surface area contributed by atoms with Gasteiger partial charge >= 0.3 is 6.03 Å². The molecule has 0 radical (unpaired) electrons. The van der Waals surface area contributed by atoms with Crippen molar-refractivity contribution >= 4 is 27.8 Å². The Morgan fingerprint density at radius 2 is 2.00 bits per heavy atom. The number of aromatic nitrogens is 1. The van der Waals surface area contributed by atoms with Crippen molar-refractivity contribution in [1.29, 1.82) is 0 Å². The standard InChI is InChI=1S/C14H14BrN3O/c1-10-5-4-8-13(17-10)18-14(19)16-9-11-6-2-3-7-12(11)15/h2-8H,9H2,1H3,(H2,16,17,18,19). The second kappa shape index (κ2) is 6.33. The van der Waals surface area contributed by atoms with Crippen LogP contribution in [0.25, 0.3) is 0 Å². The maximum atomic E-state index is 11.7. The topological polar surface area (TPSA) is 54.0 Å². The number of benzene rings is 1. The highest BCUT2D eigenvalue weighted by molar-refractivity contribution is 9.10. The average molecular weight is 320 g/mol. The highest BCUT2D eigenvalue weighted by Gasteiger charge is 2.04. The third kappa shape index (κ3) is 4.06. The number of hydrogen-bond donors (Lipinski definition) is 2. The number of aryl methyl sites for hydroxylation is 1. The second-order valence-electron chi connectivity index (χ2n) is 4.06. The summed E-state index contributed by atoms with van der Waals surface area (Å²) >= 11 is 3.44. The molecule has 5 heteroatoms. The third-order valence-electron chi connectivity index (χ3n) is 2.53. The van der Waals surface area contributed by atoms with E-state index in [1.165, 1.54) is 0 Å². The molecule has 2 N–H and O–H groups in total. The zero-order chi connectivity index (χ0) is 13.7. The van der Waals surface area contributed by atoms with E-state index in [1.807, 2.05) is 43.3 Å². The Balaban J connectivity index is 1.90. The van der Waals surface area contributed by atoms with E-state index in [0.717, 1.165) is 15.7 Å². The lowest BCUT2D eigenvalue weighted by Crippen LogP contribution is -2.28. The number of pyridine rings is 1. The van der Waals surface area contributed by atoms with Crippen molar-refractivity contribution in [3.05, 3.63) is 58.2 Å². The van der Waals surface area contributed by atoms with Gasteiger partial charge in [0.2, 0.25) is 0 Å². The summed E-state index contributed by atoms with van der Waals surface area (Å²) in [6.45, 7) is 2.34. The van der Waals surface area contributed by atoms with E-state index < -0.39 is 0 Å². The van der Waals surface area contributed by atoms with Crippen molar-refractivity contribution in [3.63, 3.8) is 0 Å². The summed E-state index contributed by atoms with van der Waals surface area (Å²) in [6.07, 6.45) is 0. The molecule has 4 nitrogen and oxygen atoms in total. The Morgan fingerprint density at radius 3 is 2.74 bits per heavy atom. The van der Waals surface area contributed by atoms with Crippen molar-refractivity contribution in [3.8, 4) is 0 Å². The lowest BCUT2D eigenvalue weighted by Gasteiger charge is -2.08. The summed E-state index contributed by atoms with van der Waals surface area (Å²) in [5.41, 5.74) is 1.89. The number of anilines is 1. The zero-order valence-corrected chi connectivity index (χ0v) is 12.1. The smallest absolute Gasteiger partial charge is 0.320 e. The highest BCUT2D eigenvalue weighted by atomic mass is 79.9. The molecule has 0 aliphatic heterocycles. The number of halogens is 1. The first-order chi connectivity index (χ1) is 9.15. The van der Waals surface area contributed by atoms with Gasteiger partial charge in [0.15, 0.2) is 0 Å². The monoisotopic (exact) mass is 319 g/mol. The van der Waals surface area contributed by atoms with Crippen molar-refractivity contribution in [2.45, 2.75) is 13.5 Å². The van der Waals surface area contributed by atoms with Gasteiger partial charge in [0.1, 0.15) is 5.82 Å². The number of carbonyl (C=O) groups is 1. The van der Waals surface area contributed by atoms with Crippen molar-refractivity contribution in [2.75, 3.05) is 5.32 Å². The SMILES string of the molecule is Cc1cccc(NC(=O)NCc2ccccc2Br)n1. The van der Waals surface area contributed by atoms with Crippen LogP contribution in [-0.4, -0.2) is 11.0 Å². The summed E-state index contributed by atoms with van der Waals surface area (Å²) < 4.78 is 0.976. The Hall–Kier alpha value is -1.88. The van der Waals surface area contributed by atoms with Gasteiger partial charge in [-0.1, -0.05) is 40.2 Å². The Bertz CT molecular complexity index is 586. The molecule has 2 aromatic rings. The summed E-state index contributed by atoms with van der Waals surface area (Å²) in [5, 5.41) is 5.48. The molecule has 0 aliphatic carbocycles. The van der Waals surface area contributed by atoms with Crippen LogP contribution in [0.1, 0.15) is 11.3 Å². The normalized spacial score (nSPS) is 10.0. The Kier molecular flexibility index (Phi) is 4.52. The van der Waals surface area contributed by atoms with E-state index in [2.05, 4.69) is 31.5 Å². The van der Waals surface area contributed by atoms with E-state index in [0.29, 0.717) is 12.4 Å². The van der Waals surface area contributed by atoms with Crippen LogP contribution in [0.4, 0.5) is 10.6 Å². The molecule has 0 saturated carbocycles. The lowest BCUT2D eigenvalue weighted by molar-refractivity contribution is 0.251. The van der Waals surface area contributed by atoms with Gasteiger partial charge < -0.3 is 5.32 Å².